The van der Waals surface area contributed by atoms with Crippen molar-refractivity contribution in [3.63, 3.8) is 0 Å². The van der Waals surface area contributed by atoms with E-state index in [-0.39, 0.29) is 27.8 Å². The molecule has 8 rings (SSSR count). The molecule has 3 N–H and O–H groups in total. The Morgan fingerprint density at radius 1 is 0.447 bits per heavy atom. The quantitative estimate of drug-likeness (QED) is 0.0591. The van der Waals surface area contributed by atoms with E-state index in [9.17, 15) is 48.6 Å². The zero-order valence-corrected chi connectivity index (χ0v) is 47.2. The number of rotatable bonds is 19. The second-order valence-corrected chi connectivity index (χ2v) is 21.0. The number of nitrogens with one attached hydrogen (secondary N) is 1. The lowest BCUT2D eigenvalue weighted by Crippen LogP contribution is -2.71. The Bertz CT molecular complexity index is 3110. The van der Waals surface area contributed by atoms with E-state index in [1.54, 1.807) is 30.3 Å². The van der Waals surface area contributed by atoms with Crippen molar-refractivity contribution < 1.29 is 110 Å². The first-order valence-corrected chi connectivity index (χ1v) is 26.9. The lowest BCUT2D eigenvalue weighted by Gasteiger charge is -2.50. The third kappa shape index (κ3) is 15.3. The van der Waals surface area contributed by atoms with Crippen molar-refractivity contribution in [2.75, 3.05) is 27.9 Å². The smallest absolute Gasteiger partial charge is 0.339 e. The first-order chi connectivity index (χ1) is 40.8. The molecule has 5 aromatic carbocycles. The first-order valence-electron chi connectivity index (χ1n) is 25.8. The standard InChI is InChI=1S/C58H54Cl3NO23/c1-73-52(70)43-39(77-47(65)30-19-9-4-10-20-30)41(78-48(66)31-21-11-5-12-22-31)46(81-51(69)34-27-17-8-18-28-34)56(85-43)82-38-36(62-57(72)58(59,60)61)54(76-35(29-63)37(38)64)83-40-42(79-49(67)32-23-13-6-14-24-32)45(55(75-3)84-44(40)53(71)74-2)80-50(68)33-25-15-7-16-26-33/h4-28,35-46,54-56,63-64H,29H2,1-3H3,(H,62,72)/t35-,36-,37-,38-,39+,40+,41+,42+,43+,44+,45-,46-,54+,55-,56-/m1/s1. The van der Waals surface area contributed by atoms with Gasteiger partial charge in [0.1, 0.15) is 30.5 Å². The SMILES string of the molecule is COC(=O)[C@H]1O[C@@H](O[C@H]2[C@H](O)[C@@H](CO)O[C@@H](O[C@H]3[C@H](OC(=O)c4ccccc4)[C@@H](OC(=O)c4ccccc4)[C@H](OC)O[C@@H]3C(=O)OC)[C@@H]2NC(=O)C(Cl)(Cl)Cl)[C@H](OC(=O)c2ccccc2)[C@@H](OC(=O)c2ccccc2)[C@@H]1OC(=O)c1ccccc1. The maximum Gasteiger partial charge on any atom is 0.339 e. The van der Waals surface area contributed by atoms with Crippen molar-refractivity contribution in [1.29, 1.82) is 0 Å². The van der Waals surface area contributed by atoms with Crippen LogP contribution in [0.2, 0.25) is 0 Å². The van der Waals surface area contributed by atoms with E-state index in [0.717, 1.165) is 21.3 Å². The number of amides is 1. The van der Waals surface area contributed by atoms with Crippen molar-refractivity contribution in [3.8, 4) is 0 Å². The van der Waals surface area contributed by atoms with Gasteiger partial charge in [-0.05, 0) is 60.7 Å². The van der Waals surface area contributed by atoms with Gasteiger partial charge in [0.25, 0.3) is 9.70 Å². The molecule has 0 saturated carbocycles. The second-order valence-electron chi connectivity index (χ2n) is 18.7. The average Bonchev–Trinajstić information content (AvgIpc) is 1.74. The lowest BCUT2D eigenvalue weighted by atomic mass is 9.93. The molecular weight excluding hydrogens is 1180 g/mol. The van der Waals surface area contributed by atoms with Gasteiger partial charge in [0.05, 0.1) is 48.6 Å². The minimum absolute atomic E-state index is 0.00668. The number of esters is 7. The molecule has 0 spiro atoms. The van der Waals surface area contributed by atoms with E-state index in [0.29, 0.717) is 0 Å². The number of aliphatic hydroxyl groups is 2. The first kappa shape index (κ1) is 63.4. The van der Waals surface area contributed by atoms with Gasteiger partial charge in [0.15, 0.2) is 61.6 Å². The molecule has 450 valence electrons. The summed E-state index contributed by atoms with van der Waals surface area (Å²) in [6.45, 7) is -1.12. The maximum atomic E-state index is 14.3. The highest BCUT2D eigenvalue weighted by Gasteiger charge is 2.61. The number of hydrogen-bond acceptors (Lipinski definition) is 23. The van der Waals surface area contributed by atoms with Gasteiger partial charge in [0, 0.05) is 7.11 Å². The lowest BCUT2D eigenvalue weighted by molar-refractivity contribution is -0.358. The number of carbonyl (C=O) groups is 8. The summed E-state index contributed by atoms with van der Waals surface area (Å²) in [5.74, 6) is -9.51. The summed E-state index contributed by atoms with van der Waals surface area (Å²) in [5, 5.41) is 25.6. The molecule has 3 fully saturated rings. The molecule has 15 atom stereocenters. The van der Waals surface area contributed by atoms with Crippen LogP contribution >= 0.6 is 34.8 Å². The van der Waals surface area contributed by atoms with Gasteiger partial charge in [-0.1, -0.05) is 126 Å². The molecule has 1 amide bonds. The van der Waals surface area contributed by atoms with Gasteiger partial charge in [-0.2, -0.15) is 0 Å². The van der Waals surface area contributed by atoms with E-state index in [4.69, 9.17) is 96.4 Å². The number of carbonyl (C=O) groups excluding carboxylic acids is 8. The summed E-state index contributed by atoms with van der Waals surface area (Å²) in [5.41, 5.74) is -0.347. The normalized spacial score (nSPS) is 27.4. The van der Waals surface area contributed by atoms with E-state index in [1.807, 2.05) is 0 Å². The molecule has 0 aliphatic carbocycles. The van der Waals surface area contributed by atoms with Crippen molar-refractivity contribution in [1.82, 2.24) is 5.32 Å². The van der Waals surface area contributed by atoms with Crippen molar-refractivity contribution in [3.05, 3.63) is 179 Å². The molecule has 27 heteroatoms. The van der Waals surface area contributed by atoms with Crippen molar-refractivity contribution in [2.24, 2.45) is 0 Å². The molecule has 3 heterocycles. The zero-order chi connectivity index (χ0) is 61.0. The molecule has 3 aliphatic rings. The number of hydrogen-bond donors (Lipinski definition) is 3. The monoisotopic (exact) mass is 1240 g/mol. The minimum atomic E-state index is -2.87. The Morgan fingerprint density at radius 2 is 0.776 bits per heavy atom. The number of alkyl halides is 3. The summed E-state index contributed by atoms with van der Waals surface area (Å²) in [6, 6.07) is 34.6. The number of benzene rings is 5. The molecule has 5 aromatic rings. The predicted octanol–water partition coefficient (Wildman–Crippen LogP) is 4.26. The van der Waals surface area contributed by atoms with E-state index in [1.165, 1.54) is 121 Å². The van der Waals surface area contributed by atoms with Gasteiger partial charge < -0.3 is 77.1 Å². The van der Waals surface area contributed by atoms with Crippen LogP contribution in [-0.2, 0) is 76.0 Å². The highest BCUT2D eigenvalue weighted by molar-refractivity contribution is 6.76. The molecule has 3 aliphatic heterocycles. The van der Waals surface area contributed by atoms with Crippen LogP contribution in [0.5, 0.6) is 0 Å². The molecular formula is C58H54Cl3NO23. The van der Waals surface area contributed by atoms with Crippen LogP contribution in [0, 0.1) is 0 Å². The van der Waals surface area contributed by atoms with Crippen LogP contribution in [0.3, 0.4) is 0 Å². The van der Waals surface area contributed by atoms with Crippen molar-refractivity contribution >= 4 is 82.5 Å². The third-order valence-corrected chi connectivity index (χ3v) is 13.9. The number of ether oxygens (including phenoxy) is 13. The fraction of sp³-hybridized carbons (Fsp3) is 0.345. The van der Waals surface area contributed by atoms with Gasteiger partial charge in [-0.3, -0.25) is 4.79 Å². The summed E-state index contributed by atoms with van der Waals surface area (Å²) < 4.78 is 74.6. The van der Waals surface area contributed by atoms with Crippen LogP contribution in [0.4, 0.5) is 0 Å². The topological polar surface area (TPSA) is 309 Å². The molecule has 0 bridgehead atoms. The molecule has 0 aromatic heterocycles. The molecule has 24 nitrogen and oxygen atoms in total. The number of halogens is 3. The van der Waals surface area contributed by atoms with Gasteiger partial charge >= 0.3 is 41.8 Å². The summed E-state index contributed by atoms with van der Waals surface area (Å²) >= 11 is 18.4. The number of aliphatic hydroxyl groups excluding tert-OH is 2. The molecule has 3 saturated heterocycles. The largest absolute Gasteiger partial charge is 0.467 e. The zero-order valence-electron chi connectivity index (χ0n) is 44.9. The Morgan fingerprint density at radius 3 is 1.14 bits per heavy atom. The Labute approximate surface area is 499 Å². The average molecular weight is 1240 g/mol. The minimum Gasteiger partial charge on any atom is -0.467 e. The van der Waals surface area contributed by atoms with Gasteiger partial charge in [-0.25, -0.2) is 33.6 Å². The fourth-order valence-corrected chi connectivity index (χ4v) is 9.36. The summed E-state index contributed by atoms with van der Waals surface area (Å²) in [4.78, 5) is 113. The third-order valence-electron chi connectivity index (χ3n) is 13.3. The van der Waals surface area contributed by atoms with Gasteiger partial charge in [-0.15, -0.1) is 0 Å². The summed E-state index contributed by atoms with van der Waals surface area (Å²) in [6.07, 6.45) is -29.3. The van der Waals surface area contributed by atoms with Crippen LogP contribution in [-0.4, -0.2) is 182 Å². The highest BCUT2D eigenvalue weighted by atomic mass is 35.6. The van der Waals surface area contributed by atoms with Crippen LogP contribution in [0.15, 0.2) is 152 Å². The predicted molar refractivity (Wildman–Crippen MR) is 290 cm³/mol. The second kappa shape index (κ2) is 29.0. The maximum absolute atomic E-state index is 14.3. The highest BCUT2D eigenvalue weighted by Crippen LogP contribution is 2.39. The van der Waals surface area contributed by atoms with E-state index >= 15 is 0 Å². The molecule has 85 heavy (non-hydrogen) atoms. The van der Waals surface area contributed by atoms with Crippen LogP contribution < -0.4 is 5.32 Å². The Balaban J connectivity index is 1.27. The van der Waals surface area contributed by atoms with E-state index in [2.05, 4.69) is 5.32 Å². The number of methoxy groups -OCH3 is 3. The molecule has 0 radical (unpaired) electrons. The van der Waals surface area contributed by atoms with E-state index < -0.39 is 150 Å². The Kier molecular flexibility index (Phi) is 21.6. The Hall–Kier alpha value is -7.59. The fourth-order valence-electron chi connectivity index (χ4n) is 9.20. The summed E-state index contributed by atoms with van der Waals surface area (Å²) in [7, 11) is 3.02. The van der Waals surface area contributed by atoms with Crippen molar-refractivity contribution in [2.45, 2.75) is 95.8 Å². The van der Waals surface area contributed by atoms with Gasteiger partial charge in [0.2, 0.25) is 0 Å². The molecule has 0 unspecified atom stereocenters. The van der Waals surface area contributed by atoms with Crippen LogP contribution in [0.1, 0.15) is 51.8 Å². The van der Waals surface area contributed by atoms with Crippen LogP contribution in [0.25, 0.3) is 0 Å².